The molecule has 0 aliphatic heterocycles. The maximum absolute atomic E-state index is 3.29. The lowest BCUT2D eigenvalue weighted by Crippen LogP contribution is -1.87. The van der Waals surface area contributed by atoms with Gasteiger partial charge in [0.2, 0.25) is 0 Å². The molecule has 0 fully saturated rings. The van der Waals surface area contributed by atoms with Gasteiger partial charge in [-0.25, -0.2) is 0 Å². The van der Waals surface area contributed by atoms with Crippen molar-refractivity contribution in [3.05, 3.63) is 641 Å². The van der Waals surface area contributed by atoms with E-state index >= 15 is 0 Å². The predicted octanol–water partition coefficient (Wildman–Crippen LogP) is 27.6. The first-order valence-electron chi connectivity index (χ1n) is 44.7. The highest BCUT2D eigenvalue weighted by atomic mass is 14.1. The van der Waals surface area contributed by atoms with E-state index in [1.165, 1.54) is 16.7 Å². The SMILES string of the molecule is C(#Cc1cc(C#Cc2ccccc2)cc(C#Cc2ccccc2)c1)c1ccccc1.C(#Cc1ccc(C#Cc2ccccc2)c(C#Cc2ccccc2)c1)c1ccccc1.C(#Cc1ccc(C#Cc2ccccc2)cc1)c1ccccc1.C(#Cc1ccc(C#Cc2ccccc2)cc1)c1ccccc1.Cc1ccc(C#Cc2cc(C#Cc3ccc(C)cc3)cc(C#Cc3ccc(C)cc3)c2)cc1. The van der Waals surface area contributed by atoms with Crippen LogP contribution in [0, 0.1) is 175 Å². The third kappa shape index (κ3) is 33.7. The highest BCUT2D eigenvalue weighted by molar-refractivity contribution is 5.62. The van der Waals surface area contributed by atoms with Gasteiger partial charge < -0.3 is 0 Å². The van der Waals surface area contributed by atoms with Crippen molar-refractivity contribution in [3.8, 4) is 154 Å². The Kier molecular flexibility index (Phi) is 35.5. The molecule has 0 radical (unpaired) electrons. The molecular weight excluding hydrogens is 1650 g/mol. The molecule has 0 amide bonds. The first-order chi connectivity index (χ1) is 67.5. The average Bonchev–Trinajstić information content (AvgIpc) is 0.895. The molecule has 0 atom stereocenters. The van der Waals surface area contributed by atoms with E-state index < -0.39 is 0 Å². The summed E-state index contributed by atoms with van der Waals surface area (Å²) in [4.78, 5) is 0. The Morgan fingerprint density at radius 1 is 0.0876 bits per heavy atom. The van der Waals surface area contributed by atoms with Gasteiger partial charge in [-0.15, -0.1) is 0 Å². The van der Waals surface area contributed by atoms with E-state index in [4.69, 9.17) is 0 Å². The van der Waals surface area contributed by atoms with Crippen molar-refractivity contribution in [1.82, 2.24) is 0 Å². The number of rotatable bonds is 0. The van der Waals surface area contributed by atoms with Gasteiger partial charge in [-0.1, -0.05) is 389 Å². The minimum absolute atomic E-state index is 0.877. The molecule has 0 unspecified atom stereocenters. The third-order valence-electron chi connectivity index (χ3n) is 20.1. The fraction of sp³-hybridized carbons (Fsp3) is 0.0219. The normalized spacial score (nSPS) is 9.25. The lowest BCUT2D eigenvalue weighted by atomic mass is 10.0. The summed E-state index contributed by atoms with van der Waals surface area (Å²) >= 11 is 0. The quantitative estimate of drug-likeness (QED) is 0.133. The van der Waals surface area contributed by atoms with Crippen LogP contribution in [0.3, 0.4) is 0 Å². The van der Waals surface area contributed by atoms with Crippen molar-refractivity contribution >= 4 is 0 Å². The summed E-state index contributed by atoms with van der Waals surface area (Å²) in [6.45, 7) is 6.23. The van der Waals surface area contributed by atoms with Crippen LogP contribution in [0.25, 0.3) is 0 Å². The van der Waals surface area contributed by atoms with Crippen LogP contribution >= 0.6 is 0 Å². The fourth-order valence-corrected chi connectivity index (χ4v) is 12.8. The molecule has 0 heteroatoms. The molecule has 18 aromatic rings. The second-order valence-electron chi connectivity index (χ2n) is 31.0. The van der Waals surface area contributed by atoms with E-state index in [-0.39, 0.29) is 0 Å². The van der Waals surface area contributed by atoms with E-state index in [9.17, 15) is 0 Å². The van der Waals surface area contributed by atoms with Gasteiger partial charge in [0, 0.05) is 145 Å². The van der Waals surface area contributed by atoms with Crippen molar-refractivity contribution in [2.75, 3.05) is 0 Å². The van der Waals surface area contributed by atoms with Gasteiger partial charge in [-0.2, -0.15) is 0 Å². The van der Waals surface area contributed by atoms with Crippen molar-refractivity contribution in [2.45, 2.75) is 20.8 Å². The lowest BCUT2D eigenvalue weighted by Gasteiger charge is -1.99. The van der Waals surface area contributed by atoms with Crippen LogP contribution in [-0.4, -0.2) is 0 Å². The highest BCUT2D eigenvalue weighted by Crippen LogP contribution is 2.18. The standard InChI is InChI=1S/C33H24.2C30H18.2C22H14/c1-25-4-10-28(11-5-25)16-19-31-22-32(20-17-29-12-6-26(2)7-13-29)24-33(23-31)21-18-30-14-8-27(3)9-15-30;1-4-10-25(11-5-1)16-19-28-22-29(20-17-26-12-6-2-7-13-26)24-30(23-28)21-18-27-14-8-3-9-15-27;1-4-10-25(11-5-1)16-17-28-20-22-29(21-18-26-12-6-2-7-13-26)30(24-28)23-19-27-14-8-3-9-15-27;2*1-3-7-19(8-4-1)11-13-21-15-17-22(18-16-21)14-12-20-9-5-2-6-10-20/h4-15,22-24H,1-3H3;1-15,22-24H;1-15,20,22,24H;2*1-10,15-18H. The van der Waals surface area contributed by atoms with Crippen LogP contribution in [-0.2, 0) is 0 Å². The second kappa shape index (κ2) is 52.0. The maximum Gasteiger partial charge on any atom is 0.0418 e. The van der Waals surface area contributed by atoms with Gasteiger partial charge in [-0.3, -0.25) is 0 Å². The van der Waals surface area contributed by atoms with Crippen molar-refractivity contribution < 1.29 is 0 Å². The Hall–Kier alpha value is -19.8. The van der Waals surface area contributed by atoms with Gasteiger partial charge in [0.25, 0.3) is 0 Å². The second-order valence-corrected chi connectivity index (χ2v) is 31.0. The summed E-state index contributed by atoms with van der Waals surface area (Å²) < 4.78 is 0. The number of hydrogen-bond donors (Lipinski definition) is 0. The molecular formula is C137H88. The highest BCUT2D eigenvalue weighted by Gasteiger charge is 2.04. The molecule has 0 heterocycles. The molecule has 18 aromatic carbocycles. The molecule has 18 rings (SSSR count). The van der Waals surface area contributed by atoms with Gasteiger partial charge in [0.1, 0.15) is 0 Å². The Morgan fingerprint density at radius 3 is 0.372 bits per heavy atom. The first-order valence-corrected chi connectivity index (χ1v) is 44.7. The minimum Gasteiger partial charge on any atom is -0.0622 e. The summed E-state index contributed by atoms with van der Waals surface area (Å²) in [5.74, 6) is 83.7. The summed E-state index contributed by atoms with van der Waals surface area (Å²) in [6.07, 6.45) is 0. The molecule has 0 N–H and O–H groups in total. The van der Waals surface area contributed by atoms with Crippen molar-refractivity contribution in [2.24, 2.45) is 0 Å². The number of benzene rings is 18. The zero-order valence-corrected chi connectivity index (χ0v) is 76.1. The molecule has 0 saturated carbocycles. The van der Waals surface area contributed by atoms with E-state index in [2.05, 4.69) is 211 Å². The zero-order valence-electron chi connectivity index (χ0n) is 76.1. The van der Waals surface area contributed by atoms with Crippen LogP contribution in [0.5, 0.6) is 0 Å². The molecule has 0 bridgehead atoms. The largest absolute Gasteiger partial charge is 0.0622 e. The van der Waals surface area contributed by atoms with Crippen LogP contribution in [0.1, 0.15) is 161 Å². The maximum atomic E-state index is 3.29. The molecule has 137 heavy (non-hydrogen) atoms. The predicted molar refractivity (Wildman–Crippen MR) is 568 cm³/mol. The molecule has 0 aliphatic rings. The van der Waals surface area contributed by atoms with Crippen molar-refractivity contribution in [3.63, 3.8) is 0 Å². The molecule has 0 spiro atoms. The van der Waals surface area contributed by atoms with Crippen LogP contribution in [0.15, 0.2) is 479 Å². The summed E-state index contributed by atoms with van der Waals surface area (Å²) in [7, 11) is 0. The van der Waals surface area contributed by atoms with Crippen LogP contribution in [0.2, 0.25) is 0 Å². The minimum atomic E-state index is 0.877. The van der Waals surface area contributed by atoms with E-state index in [0.717, 1.165) is 145 Å². The molecule has 0 aliphatic carbocycles. The monoisotopic (exact) mass is 1730 g/mol. The van der Waals surface area contributed by atoms with Gasteiger partial charge in [-0.05, 0) is 282 Å². The van der Waals surface area contributed by atoms with Crippen LogP contribution < -0.4 is 0 Å². The van der Waals surface area contributed by atoms with E-state index in [1.807, 2.05) is 443 Å². The molecule has 0 saturated heterocycles. The van der Waals surface area contributed by atoms with E-state index in [1.54, 1.807) is 0 Å². The molecule has 636 valence electrons. The number of aryl methyl sites for hydroxylation is 3. The van der Waals surface area contributed by atoms with Gasteiger partial charge >= 0.3 is 0 Å². The van der Waals surface area contributed by atoms with E-state index in [0.29, 0.717) is 0 Å². The van der Waals surface area contributed by atoms with Crippen LogP contribution in [0.4, 0.5) is 0 Å². The summed E-state index contributed by atoms with van der Waals surface area (Å²) in [5.41, 5.74) is 28.7. The fourth-order valence-electron chi connectivity index (χ4n) is 12.8. The molecule has 0 aromatic heterocycles. The van der Waals surface area contributed by atoms with Gasteiger partial charge in [0.05, 0.1) is 0 Å². The number of hydrogen-bond acceptors (Lipinski definition) is 0. The smallest absolute Gasteiger partial charge is 0.0418 e. The Labute approximate surface area is 809 Å². The summed E-state index contributed by atoms with van der Waals surface area (Å²) in [5, 5.41) is 0. The molecule has 0 nitrogen and oxygen atoms in total. The van der Waals surface area contributed by atoms with Crippen molar-refractivity contribution in [1.29, 1.82) is 0 Å². The Bertz CT molecular complexity index is 7330. The lowest BCUT2D eigenvalue weighted by molar-refractivity contribution is 1.46. The van der Waals surface area contributed by atoms with Gasteiger partial charge in [0.15, 0.2) is 0 Å². The zero-order chi connectivity index (χ0) is 94.0. The Morgan fingerprint density at radius 2 is 0.204 bits per heavy atom. The third-order valence-corrected chi connectivity index (χ3v) is 20.1. The topological polar surface area (TPSA) is 0 Å². The average molecular weight is 1730 g/mol. The summed E-state index contributed by atoms with van der Waals surface area (Å²) in [6, 6.07) is 159. The Balaban J connectivity index is 0.000000138. The first kappa shape index (κ1) is 93.4.